The molecule has 0 spiro atoms. The van der Waals surface area contributed by atoms with Gasteiger partial charge >= 0.3 is 0 Å². The lowest BCUT2D eigenvalue weighted by Gasteiger charge is -2.19. The molecule has 0 N–H and O–H groups in total. The summed E-state index contributed by atoms with van der Waals surface area (Å²) in [7, 11) is 0. The second-order valence-corrected chi connectivity index (χ2v) is 21.0. The highest BCUT2D eigenvalue weighted by atomic mass is 15.1. The number of fused-ring (bicyclic) bond motifs is 12. The van der Waals surface area contributed by atoms with Crippen LogP contribution in [0.3, 0.4) is 0 Å². The Morgan fingerprint density at radius 3 is 1.04 bits per heavy atom. The quantitative estimate of drug-likeness (QED) is 0.152. The number of hydrogen-bond donors (Lipinski definition) is 0. The van der Waals surface area contributed by atoms with E-state index in [0.29, 0.717) is 17.5 Å². The van der Waals surface area contributed by atoms with E-state index in [9.17, 15) is 0 Å². The summed E-state index contributed by atoms with van der Waals surface area (Å²) in [4.78, 5) is 20.7. The molecule has 0 aliphatic rings. The molecular weight excluding hydrogens is 1000 g/mol. The molecule has 0 aliphatic carbocycles. The van der Waals surface area contributed by atoms with Crippen molar-refractivity contribution >= 4 is 87.2 Å². The number of rotatable bonds is 8. The van der Waals surface area contributed by atoms with Gasteiger partial charge in [0.25, 0.3) is 0 Å². The van der Waals surface area contributed by atoms with Gasteiger partial charge in [0.15, 0.2) is 17.5 Å². The van der Waals surface area contributed by atoms with E-state index in [-0.39, 0.29) is 0 Å². The molecule has 11 aromatic carbocycles. The summed E-state index contributed by atoms with van der Waals surface area (Å²) < 4.78 is 9.69. The molecule has 0 radical (unpaired) electrons. The average Bonchev–Trinajstić information content (AvgIpc) is 2.72. The summed E-state index contributed by atoms with van der Waals surface area (Å²) in [5, 5.41) is 9.46. The van der Waals surface area contributed by atoms with Crippen LogP contribution in [0.2, 0.25) is 0 Å². The molecule has 82 heavy (non-hydrogen) atoms. The van der Waals surface area contributed by atoms with E-state index in [1.165, 1.54) is 32.3 Å². The first kappa shape index (κ1) is 45.8. The van der Waals surface area contributed by atoms with Gasteiger partial charge in [0, 0.05) is 88.5 Å². The van der Waals surface area contributed by atoms with Gasteiger partial charge in [-0.1, -0.05) is 182 Å². The van der Waals surface area contributed by atoms with Crippen LogP contribution < -0.4 is 0 Å². The molecule has 0 unspecified atom stereocenters. The fourth-order valence-electron chi connectivity index (χ4n) is 12.9. The summed E-state index contributed by atoms with van der Waals surface area (Å²) >= 11 is 0. The van der Waals surface area contributed by atoms with E-state index >= 15 is 0 Å². The van der Waals surface area contributed by atoms with Crippen molar-refractivity contribution in [2.75, 3.05) is 0 Å². The zero-order chi connectivity index (χ0) is 53.8. The Bertz CT molecular complexity index is 5330. The molecule has 382 valence electrons. The molecule has 0 amide bonds. The molecule has 17 rings (SSSR count). The number of para-hydroxylation sites is 6. The first-order valence-electron chi connectivity index (χ1n) is 27.7. The maximum Gasteiger partial charge on any atom is 0.164 e. The van der Waals surface area contributed by atoms with E-state index in [1.807, 2.05) is 48.8 Å². The molecule has 0 atom stereocenters. The van der Waals surface area contributed by atoms with Crippen LogP contribution in [0.15, 0.2) is 279 Å². The van der Waals surface area contributed by atoms with Crippen molar-refractivity contribution in [1.29, 1.82) is 0 Å². The predicted molar refractivity (Wildman–Crippen MR) is 337 cm³/mol. The highest BCUT2D eigenvalue weighted by Gasteiger charge is 2.25. The number of pyridine rings is 1. The molecule has 8 nitrogen and oxygen atoms in total. The number of nitrogens with zero attached hydrogens (tertiary/aromatic N) is 8. The monoisotopic (exact) mass is 1050 g/mol. The average molecular weight is 1050 g/mol. The van der Waals surface area contributed by atoms with Crippen molar-refractivity contribution in [3.63, 3.8) is 0 Å². The highest BCUT2D eigenvalue weighted by molar-refractivity contribution is 6.21. The SMILES string of the molecule is c1ccc(-c2nc(-c3ccccc3)nc(-c3ccc(-c4ccncc4-n4c5ccccc5c5cc6c7ccccc7n(-c7ccccc7)c6cc54)c(-n4c5ccccc5c5cc6c7ccccc7n(-c7ccccc7)c6cc54)c3)n2)cc1. The molecule has 0 fully saturated rings. The van der Waals surface area contributed by atoms with Gasteiger partial charge in [0.05, 0.1) is 61.7 Å². The van der Waals surface area contributed by atoms with Crippen LogP contribution in [0.1, 0.15) is 0 Å². The third-order valence-electron chi connectivity index (χ3n) is 16.5. The summed E-state index contributed by atoms with van der Waals surface area (Å²) in [6.07, 6.45) is 3.96. The van der Waals surface area contributed by atoms with Gasteiger partial charge in [0.2, 0.25) is 0 Å². The van der Waals surface area contributed by atoms with Crippen LogP contribution in [0.25, 0.3) is 155 Å². The van der Waals surface area contributed by atoms with Gasteiger partial charge in [0.1, 0.15) is 0 Å². The largest absolute Gasteiger partial charge is 0.309 e. The van der Waals surface area contributed by atoms with Gasteiger partial charge in [-0.15, -0.1) is 0 Å². The zero-order valence-corrected chi connectivity index (χ0v) is 44.1. The summed E-state index contributed by atoms with van der Waals surface area (Å²) in [6, 6.07) is 95.4. The molecule has 0 bridgehead atoms. The van der Waals surface area contributed by atoms with Gasteiger partial charge < -0.3 is 18.3 Å². The van der Waals surface area contributed by atoms with Crippen LogP contribution in [0.4, 0.5) is 0 Å². The van der Waals surface area contributed by atoms with E-state index in [1.54, 1.807) is 0 Å². The third-order valence-corrected chi connectivity index (χ3v) is 16.5. The van der Waals surface area contributed by atoms with Crippen molar-refractivity contribution in [1.82, 2.24) is 38.2 Å². The fraction of sp³-hybridized carbons (Fsp3) is 0. The van der Waals surface area contributed by atoms with Crippen molar-refractivity contribution in [3.8, 4) is 68.0 Å². The minimum absolute atomic E-state index is 0.572. The normalized spacial score (nSPS) is 11.9. The molecule has 0 aliphatic heterocycles. The van der Waals surface area contributed by atoms with Gasteiger partial charge in [-0.25, -0.2) is 15.0 Å². The molecular formula is C74H46N8. The minimum atomic E-state index is 0.572. The van der Waals surface area contributed by atoms with Crippen LogP contribution in [-0.4, -0.2) is 38.2 Å². The van der Waals surface area contributed by atoms with Crippen molar-refractivity contribution < 1.29 is 0 Å². The second kappa shape index (κ2) is 18.2. The van der Waals surface area contributed by atoms with Crippen LogP contribution in [-0.2, 0) is 0 Å². The Kier molecular flexibility index (Phi) is 10.1. The van der Waals surface area contributed by atoms with Crippen molar-refractivity contribution in [3.05, 3.63) is 279 Å². The minimum Gasteiger partial charge on any atom is -0.309 e. The number of benzene rings is 11. The summed E-state index contributed by atoms with van der Waals surface area (Å²) in [6.45, 7) is 0. The maximum atomic E-state index is 5.30. The molecule has 0 saturated heterocycles. The van der Waals surface area contributed by atoms with Gasteiger partial charge in [-0.2, -0.15) is 0 Å². The Morgan fingerprint density at radius 2 is 0.585 bits per heavy atom. The number of hydrogen-bond acceptors (Lipinski definition) is 4. The van der Waals surface area contributed by atoms with Crippen molar-refractivity contribution in [2.45, 2.75) is 0 Å². The van der Waals surface area contributed by atoms with Crippen LogP contribution in [0, 0.1) is 0 Å². The first-order valence-corrected chi connectivity index (χ1v) is 27.7. The summed E-state index contributed by atoms with van der Waals surface area (Å²) in [5.74, 6) is 1.78. The van der Waals surface area contributed by atoms with Crippen LogP contribution in [0.5, 0.6) is 0 Å². The maximum absolute atomic E-state index is 5.30. The Labute approximate surface area is 470 Å². The molecule has 6 aromatic heterocycles. The topological polar surface area (TPSA) is 71.3 Å². The Balaban J connectivity index is 0.978. The van der Waals surface area contributed by atoms with E-state index in [4.69, 9.17) is 19.9 Å². The predicted octanol–water partition coefficient (Wildman–Crippen LogP) is 18.3. The lowest BCUT2D eigenvalue weighted by molar-refractivity contribution is 1.07. The Hall–Kier alpha value is -11.2. The van der Waals surface area contributed by atoms with E-state index in [0.717, 1.165) is 105 Å². The van der Waals surface area contributed by atoms with Crippen molar-refractivity contribution in [2.24, 2.45) is 0 Å². The third kappa shape index (κ3) is 6.98. The number of aromatic nitrogens is 8. The second-order valence-electron chi connectivity index (χ2n) is 21.0. The van der Waals surface area contributed by atoms with Gasteiger partial charge in [-0.3, -0.25) is 4.98 Å². The van der Waals surface area contributed by atoms with Crippen LogP contribution >= 0.6 is 0 Å². The summed E-state index contributed by atoms with van der Waals surface area (Å²) in [5.41, 5.74) is 17.7. The fourth-order valence-corrected chi connectivity index (χ4v) is 12.9. The standard InChI is InChI=1S/C74H46N8/c1-5-21-47(22-6-1)72-76-73(48-23-7-2-8-24-48)78-74(77-72)49-37-38-56(66(41-49)81-64-35-19-15-31-54(64)60-42-58-52-29-13-17-33-62(52)79(67(58)44-69(60)81)50-25-9-3-10-26-50)57-39-40-75-46-71(57)82-65-36-20-16-32-55(65)61-43-59-53-30-14-18-34-63(53)80(68(59)45-70(61)82)51-27-11-4-12-28-51/h1-46H. The van der Waals surface area contributed by atoms with Gasteiger partial charge in [-0.05, 0) is 84.9 Å². The Morgan fingerprint density at radius 1 is 0.232 bits per heavy atom. The molecule has 6 heterocycles. The smallest absolute Gasteiger partial charge is 0.164 e. The molecule has 17 aromatic rings. The zero-order valence-electron chi connectivity index (χ0n) is 44.1. The van der Waals surface area contributed by atoms with E-state index in [2.05, 4.69) is 249 Å². The molecule has 8 heteroatoms. The highest BCUT2D eigenvalue weighted by Crippen LogP contribution is 2.46. The lowest BCUT2D eigenvalue weighted by atomic mass is 9.99. The lowest BCUT2D eigenvalue weighted by Crippen LogP contribution is -2.04. The first-order chi connectivity index (χ1) is 40.7. The molecule has 0 saturated carbocycles. The van der Waals surface area contributed by atoms with E-state index < -0.39 is 0 Å².